The number of hydrogen-bond acceptors (Lipinski definition) is 5. The maximum absolute atomic E-state index is 11.9. The number of nitrogens with zero attached hydrogens (tertiary/aromatic N) is 1. The fourth-order valence-electron chi connectivity index (χ4n) is 2.11. The third-order valence-corrected chi connectivity index (χ3v) is 3.21. The van der Waals surface area contributed by atoms with E-state index in [4.69, 9.17) is 9.47 Å². The summed E-state index contributed by atoms with van der Waals surface area (Å²) in [5.74, 6) is 1.10. The van der Waals surface area contributed by atoms with E-state index in [0.29, 0.717) is 23.7 Å². The van der Waals surface area contributed by atoms with Crippen LogP contribution in [0.15, 0.2) is 47.6 Å². The molecule has 1 amide bonds. The van der Waals surface area contributed by atoms with Crippen LogP contribution in [0.25, 0.3) is 0 Å². The molecule has 0 saturated heterocycles. The van der Waals surface area contributed by atoms with Crippen molar-refractivity contribution in [2.24, 2.45) is 5.10 Å². The highest BCUT2D eigenvalue weighted by Gasteiger charge is 2.08. The zero-order chi connectivity index (χ0) is 17.4. The Labute approximate surface area is 140 Å². The number of carbonyl (C=O) groups excluding carboxylic acids is 1. The molecule has 126 valence electrons. The standard InChI is InChI=1S/C18H20N2O4/c1-3-24-18-14(5-4-6-16(18)23-2)12-19-20-17(22)11-13-7-9-15(21)10-8-13/h4-10,12,21H,3,11H2,1-2H3,(H,20,22)/b19-12-. The van der Waals surface area contributed by atoms with E-state index >= 15 is 0 Å². The van der Waals surface area contributed by atoms with Gasteiger partial charge in [-0.2, -0.15) is 5.10 Å². The zero-order valence-electron chi connectivity index (χ0n) is 13.7. The highest BCUT2D eigenvalue weighted by atomic mass is 16.5. The van der Waals surface area contributed by atoms with Gasteiger partial charge in [-0.1, -0.05) is 18.2 Å². The third-order valence-electron chi connectivity index (χ3n) is 3.21. The molecular weight excluding hydrogens is 308 g/mol. The van der Waals surface area contributed by atoms with Gasteiger partial charge >= 0.3 is 0 Å². The van der Waals surface area contributed by atoms with Gasteiger partial charge in [-0.3, -0.25) is 4.79 Å². The van der Waals surface area contributed by atoms with Gasteiger partial charge in [-0.25, -0.2) is 5.43 Å². The van der Waals surface area contributed by atoms with Gasteiger partial charge in [-0.05, 0) is 36.8 Å². The van der Waals surface area contributed by atoms with E-state index in [9.17, 15) is 9.90 Å². The predicted molar refractivity (Wildman–Crippen MR) is 91.7 cm³/mol. The van der Waals surface area contributed by atoms with Crippen molar-refractivity contribution in [3.63, 3.8) is 0 Å². The average Bonchev–Trinajstić information content (AvgIpc) is 2.58. The molecule has 0 unspecified atom stereocenters. The van der Waals surface area contributed by atoms with E-state index in [1.165, 1.54) is 18.3 Å². The molecule has 0 aromatic heterocycles. The third kappa shape index (κ3) is 4.74. The van der Waals surface area contributed by atoms with Crippen LogP contribution in [0.3, 0.4) is 0 Å². The second-order valence-corrected chi connectivity index (χ2v) is 4.95. The van der Waals surface area contributed by atoms with Gasteiger partial charge in [-0.15, -0.1) is 0 Å². The lowest BCUT2D eigenvalue weighted by Gasteiger charge is -2.11. The molecule has 0 spiro atoms. The second kappa shape index (κ2) is 8.57. The number of amides is 1. The maximum Gasteiger partial charge on any atom is 0.244 e. The molecule has 6 nitrogen and oxygen atoms in total. The normalized spacial score (nSPS) is 10.6. The van der Waals surface area contributed by atoms with E-state index in [2.05, 4.69) is 10.5 Å². The highest BCUT2D eigenvalue weighted by Crippen LogP contribution is 2.29. The van der Waals surface area contributed by atoms with Crippen LogP contribution in [0.1, 0.15) is 18.1 Å². The molecule has 0 bridgehead atoms. The van der Waals surface area contributed by atoms with Crippen molar-refractivity contribution in [1.29, 1.82) is 0 Å². The van der Waals surface area contributed by atoms with Crippen LogP contribution in [0.5, 0.6) is 17.2 Å². The van der Waals surface area contributed by atoms with E-state index in [0.717, 1.165) is 5.56 Å². The first-order chi connectivity index (χ1) is 11.6. The Morgan fingerprint density at radius 1 is 1.25 bits per heavy atom. The van der Waals surface area contributed by atoms with E-state index in [1.807, 2.05) is 19.1 Å². The van der Waals surface area contributed by atoms with Gasteiger partial charge in [0.25, 0.3) is 0 Å². The summed E-state index contributed by atoms with van der Waals surface area (Å²) in [5, 5.41) is 13.2. The van der Waals surface area contributed by atoms with Gasteiger partial charge in [0.05, 0.1) is 26.4 Å². The van der Waals surface area contributed by atoms with Gasteiger partial charge in [0.1, 0.15) is 5.75 Å². The summed E-state index contributed by atoms with van der Waals surface area (Å²) in [4.78, 5) is 11.9. The Kier molecular flexibility index (Phi) is 6.19. The highest BCUT2D eigenvalue weighted by molar-refractivity contribution is 5.86. The fraction of sp³-hybridized carbons (Fsp3) is 0.222. The van der Waals surface area contributed by atoms with Crippen molar-refractivity contribution in [2.75, 3.05) is 13.7 Å². The Morgan fingerprint density at radius 3 is 2.67 bits per heavy atom. The van der Waals surface area contributed by atoms with Crippen LogP contribution in [0.4, 0.5) is 0 Å². The number of aromatic hydroxyl groups is 1. The number of para-hydroxylation sites is 1. The lowest BCUT2D eigenvalue weighted by Crippen LogP contribution is -2.19. The molecule has 2 rings (SSSR count). The first-order valence-electron chi connectivity index (χ1n) is 7.53. The van der Waals surface area contributed by atoms with Crippen LogP contribution in [-0.2, 0) is 11.2 Å². The first kappa shape index (κ1) is 17.3. The van der Waals surface area contributed by atoms with Crippen molar-refractivity contribution in [3.8, 4) is 17.2 Å². The average molecular weight is 328 g/mol. The van der Waals surface area contributed by atoms with E-state index in [1.54, 1.807) is 25.3 Å². The molecule has 6 heteroatoms. The summed E-state index contributed by atoms with van der Waals surface area (Å²) in [6.45, 7) is 2.38. The van der Waals surface area contributed by atoms with Crippen LogP contribution in [-0.4, -0.2) is 30.9 Å². The molecule has 2 N–H and O–H groups in total. The minimum atomic E-state index is -0.252. The number of nitrogens with one attached hydrogen (secondary N) is 1. The van der Waals surface area contributed by atoms with Crippen LogP contribution >= 0.6 is 0 Å². The Morgan fingerprint density at radius 2 is 2.00 bits per heavy atom. The smallest absolute Gasteiger partial charge is 0.244 e. The first-order valence-corrected chi connectivity index (χ1v) is 7.53. The summed E-state index contributed by atoms with van der Waals surface area (Å²) >= 11 is 0. The van der Waals surface area contributed by atoms with Crippen molar-refractivity contribution < 1.29 is 19.4 Å². The minimum absolute atomic E-state index is 0.165. The van der Waals surface area contributed by atoms with E-state index in [-0.39, 0.29) is 18.1 Å². The monoisotopic (exact) mass is 328 g/mol. The zero-order valence-corrected chi connectivity index (χ0v) is 13.7. The number of rotatable bonds is 7. The number of hydrogen-bond donors (Lipinski definition) is 2. The van der Waals surface area contributed by atoms with E-state index < -0.39 is 0 Å². The Balaban J connectivity index is 2.00. The van der Waals surface area contributed by atoms with Crippen molar-refractivity contribution >= 4 is 12.1 Å². The van der Waals surface area contributed by atoms with Gasteiger partial charge in [0.15, 0.2) is 11.5 Å². The molecule has 0 saturated carbocycles. The number of phenols is 1. The molecule has 24 heavy (non-hydrogen) atoms. The summed E-state index contributed by atoms with van der Waals surface area (Å²) in [5.41, 5.74) is 3.97. The molecule has 0 aliphatic heterocycles. The molecule has 0 aliphatic carbocycles. The quantitative estimate of drug-likeness (QED) is 0.604. The summed E-state index contributed by atoms with van der Waals surface area (Å²) in [6.07, 6.45) is 1.69. The maximum atomic E-state index is 11.9. The number of hydrazone groups is 1. The van der Waals surface area contributed by atoms with Gasteiger partial charge in [0, 0.05) is 5.56 Å². The SMILES string of the molecule is CCOc1c(/C=N\NC(=O)Cc2ccc(O)cc2)cccc1OC. The predicted octanol–water partition coefficient (Wildman–Crippen LogP) is 2.49. The van der Waals surface area contributed by atoms with Crippen LogP contribution in [0.2, 0.25) is 0 Å². The lowest BCUT2D eigenvalue weighted by atomic mass is 10.1. The molecule has 0 atom stereocenters. The van der Waals surface area contributed by atoms with Crippen molar-refractivity contribution in [1.82, 2.24) is 5.43 Å². The topological polar surface area (TPSA) is 80.2 Å². The summed E-state index contributed by atoms with van der Waals surface area (Å²) < 4.78 is 10.8. The van der Waals surface area contributed by atoms with Crippen molar-refractivity contribution in [3.05, 3.63) is 53.6 Å². The largest absolute Gasteiger partial charge is 0.508 e. The number of carbonyl (C=O) groups is 1. The number of ether oxygens (including phenoxy) is 2. The summed E-state index contributed by atoms with van der Waals surface area (Å²) in [7, 11) is 1.57. The van der Waals surface area contributed by atoms with Gasteiger partial charge < -0.3 is 14.6 Å². The minimum Gasteiger partial charge on any atom is -0.508 e. The Hall–Kier alpha value is -3.02. The number of benzene rings is 2. The van der Waals surface area contributed by atoms with Crippen molar-refractivity contribution in [2.45, 2.75) is 13.3 Å². The summed E-state index contributed by atoms with van der Waals surface area (Å²) in [6, 6.07) is 11.9. The number of phenolic OH excluding ortho intramolecular Hbond substituents is 1. The molecule has 0 fully saturated rings. The molecule has 0 aliphatic rings. The Bertz CT molecular complexity index is 711. The molecular formula is C18H20N2O4. The number of methoxy groups -OCH3 is 1. The molecule has 2 aromatic rings. The lowest BCUT2D eigenvalue weighted by molar-refractivity contribution is -0.120. The molecule has 2 aromatic carbocycles. The van der Waals surface area contributed by atoms with Crippen LogP contribution < -0.4 is 14.9 Å². The van der Waals surface area contributed by atoms with Gasteiger partial charge in [0.2, 0.25) is 5.91 Å². The fourth-order valence-corrected chi connectivity index (χ4v) is 2.11. The molecule has 0 heterocycles. The second-order valence-electron chi connectivity index (χ2n) is 4.95. The van der Waals surface area contributed by atoms with Crippen LogP contribution in [0, 0.1) is 0 Å². The molecule has 0 radical (unpaired) electrons.